The summed E-state index contributed by atoms with van der Waals surface area (Å²) < 4.78 is 23.3. The fraction of sp³-hybridized carbons (Fsp3) is 0.278. The van der Waals surface area contributed by atoms with Crippen molar-refractivity contribution in [3.8, 4) is 5.75 Å². The van der Waals surface area contributed by atoms with E-state index in [-0.39, 0.29) is 6.61 Å². The number of amides is 1. The van der Waals surface area contributed by atoms with E-state index in [1.54, 1.807) is 12.1 Å². The van der Waals surface area contributed by atoms with Crippen LogP contribution in [0.1, 0.15) is 22.3 Å². The van der Waals surface area contributed by atoms with E-state index in [1.807, 2.05) is 26.0 Å². The molecule has 0 saturated carbocycles. The average Bonchev–Trinajstić information content (AvgIpc) is 2.51. The van der Waals surface area contributed by atoms with E-state index in [9.17, 15) is 9.18 Å². The molecule has 0 aromatic heterocycles. The van der Waals surface area contributed by atoms with Crippen molar-refractivity contribution < 1.29 is 18.7 Å². The summed E-state index contributed by atoms with van der Waals surface area (Å²) >= 11 is 2.17. The standard InChI is InChI=1S/C18H19FINO3/c1-11-7-13(3)17(8-12(11)2)23-9-14-15(20)5-4-6-16(14)21-18(22)24-10-19/h4-8H,9-10H2,1-3H3,(H,21,22). The molecule has 0 saturated heterocycles. The first-order chi connectivity index (χ1) is 11.4. The maximum absolute atomic E-state index is 12.1. The van der Waals surface area contributed by atoms with Gasteiger partial charge in [0.1, 0.15) is 12.4 Å². The van der Waals surface area contributed by atoms with Gasteiger partial charge in [0.2, 0.25) is 6.86 Å². The number of hydrogen-bond acceptors (Lipinski definition) is 3. The Hall–Kier alpha value is -1.83. The molecular formula is C18H19FINO3. The van der Waals surface area contributed by atoms with Crippen molar-refractivity contribution in [3.05, 3.63) is 56.2 Å². The SMILES string of the molecule is Cc1cc(C)c(OCc2c(I)cccc2NC(=O)OCF)cc1C. The lowest BCUT2D eigenvalue weighted by Crippen LogP contribution is -2.15. The number of carbonyl (C=O) groups is 1. The molecule has 0 unspecified atom stereocenters. The van der Waals surface area contributed by atoms with E-state index < -0.39 is 13.0 Å². The number of aryl methyl sites for hydroxylation is 3. The summed E-state index contributed by atoms with van der Waals surface area (Å²) in [5, 5.41) is 2.54. The fourth-order valence-electron chi connectivity index (χ4n) is 2.26. The number of rotatable bonds is 5. The number of ether oxygens (including phenoxy) is 2. The second-order valence-electron chi connectivity index (χ2n) is 5.42. The van der Waals surface area contributed by atoms with E-state index in [4.69, 9.17) is 4.74 Å². The summed E-state index contributed by atoms with van der Waals surface area (Å²) in [6.45, 7) is 5.21. The van der Waals surface area contributed by atoms with Crippen molar-refractivity contribution in [2.45, 2.75) is 27.4 Å². The predicted octanol–water partition coefficient (Wildman–Crippen LogP) is 5.27. The molecular weight excluding hydrogens is 424 g/mol. The molecule has 0 aliphatic rings. The zero-order chi connectivity index (χ0) is 17.7. The summed E-state index contributed by atoms with van der Waals surface area (Å²) in [5.74, 6) is 0.801. The molecule has 0 aliphatic carbocycles. The number of alkyl halides is 1. The van der Waals surface area contributed by atoms with Crippen LogP contribution in [0.3, 0.4) is 0 Å². The van der Waals surface area contributed by atoms with Crippen LogP contribution < -0.4 is 10.1 Å². The Morgan fingerprint density at radius 2 is 1.88 bits per heavy atom. The van der Waals surface area contributed by atoms with E-state index >= 15 is 0 Å². The molecule has 1 amide bonds. The van der Waals surface area contributed by atoms with Crippen LogP contribution in [0, 0.1) is 24.3 Å². The number of anilines is 1. The van der Waals surface area contributed by atoms with Gasteiger partial charge in [-0.1, -0.05) is 12.1 Å². The Morgan fingerprint density at radius 3 is 2.58 bits per heavy atom. The number of nitrogens with one attached hydrogen (secondary N) is 1. The monoisotopic (exact) mass is 443 g/mol. The molecule has 0 bridgehead atoms. The van der Waals surface area contributed by atoms with Crippen LogP contribution in [0.2, 0.25) is 0 Å². The number of benzene rings is 2. The Labute approximate surface area is 154 Å². The smallest absolute Gasteiger partial charge is 0.413 e. The maximum Gasteiger partial charge on any atom is 0.413 e. The Balaban J connectivity index is 2.20. The highest BCUT2D eigenvalue weighted by molar-refractivity contribution is 14.1. The van der Waals surface area contributed by atoms with E-state index in [1.165, 1.54) is 5.56 Å². The first-order valence-corrected chi connectivity index (χ1v) is 8.48. The van der Waals surface area contributed by atoms with Crippen molar-refractivity contribution >= 4 is 34.4 Å². The molecule has 1 N–H and O–H groups in total. The minimum Gasteiger partial charge on any atom is -0.489 e. The van der Waals surface area contributed by atoms with E-state index in [0.717, 1.165) is 26.0 Å². The third-order valence-corrected chi connectivity index (χ3v) is 4.72. The third-order valence-electron chi connectivity index (χ3n) is 3.70. The van der Waals surface area contributed by atoms with Crippen molar-refractivity contribution in [3.63, 3.8) is 0 Å². The molecule has 128 valence electrons. The molecule has 2 aromatic carbocycles. The van der Waals surface area contributed by atoms with Gasteiger partial charge in [-0.3, -0.25) is 5.32 Å². The van der Waals surface area contributed by atoms with Gasteiger partial charge in [0.05, 0.1) is 5.69 Å². The highest BCUT2D eigenvalue weighted by atomic mass is 127. The Morgan fingerprint density at radius 1 is 1.17 bits per heavy atom. The lowest BCUT2D eigenvalue weighted by molar-refractivity contribution is 0.111. The van der Waals surface area contributed by atoms with Crippen LogP contribution in [-0.4, -0.2) is 13.0 Å². The van der Waals surface area contributed by atoms with Gasteiger partial charge in [0.25, 0.3) is 0 Å². The number of hydrogen-bond donors (Lipinski definition) is 1. The molecule has 6 heteroatoms. The molecule has 0 spiro atoms. The molecule has 0 radical (unpaired) electrons. The molecule has 0 fully saturated rings. The van der Waals surface area contributed by atoms with Gasteiger partial charge in [-0.2, -0.15) is 0 Å². The second-order valence-corrected chi connectivity index (χ2v) is 6.58. The van der Waals surface area contributed by atoms with Crippen LogP contribution in [0.15, 0.2) is 30.3 Å². The molecule has 4 nitrogen and oxygen atoms in total. The third kappa shape index (κ3) is 4.59. The zero-order valence-corrected chi connectivity index (χ0v) is 15.9. The molecule has 2 rings (SSSR count). The molecule has 0 aliphatic heterocycles. The first kappa shape index (κ1) is 18.5. The lowest BCUT2D eigenvalue weighted by atomic mass is 10.1. The highest BCUT2D eigenvalue weighted by Gasteiger charge is 2.12. The summed E-state index contributed by atoms with van der Waals surface area (Å²) in [4.78, 5) is 11.5. The van der Waals surface area contributed by atoms with Gasteiger partial charge >= 0.3 is 6.09 Å². The highest BCUT2D eigenvalue weighted by Crippen LogP contribution is 2.27. The first-order valence-electron chi connectivity index (χ1n) is 7.40. The minimum atomic E-state index is -1.16. The van der Waals surface area contributed by atoms with Crippen LogP contribution in [-0.2, 0) is 11.3 Å². The van der Waals surface area contributed by atoms with Gasteiger partial charge in [-0.15, -0.1) is 0 Å². The van der Waals surface area contributed by atoms with Gasteiger partial charge in [-0.05, 0) is 78.3 Å². The van der Waals surface area contributed by atoms with Gasteiger partial charge in [0.15, 0.2) is 0 Å². The molecule has 0 atom stereocenters. The normalized spacial score (nSPS) is 10.4. The van der Waals surface area contributed by atoms with Crippen molar-refractivity contribution in [1.82, 2.24) is 0 Å². The zero-order valence-electron chi connectivity index (χ0n) is 13.8. The predicted molar refractivity (Wildman–Crippen MR) is 100 cm³/mol. The van der Waals surface area contributed by atoms with Crippen LogP contribution in [0.25, 0.3) is 0 Å². The quantitative estimate of drug-likeness (QED) is 0.641. The van der Waals surface area contributed by atoms with Crippen LogP contribution in [0.4, 0.5) is 14.9 Å². The average molecular weight is 443 g/mol. The van der Waals surface area contributed by atoms with Crippen molar-refractivity contribution in [1.29, 1.82) is 0 Å². The Bertz CT molecular complexity index is 749. The van der Waals surface area contributed by atoms with Gasteiger partial charge in [0, 0.05) is 9.13 Å². The van der Waals surface area contributed by atoms with Gasteiger partial charge < -0.3 is 9.47 Å². The van der Waals surface area contributed by atoms with Gasteiger partial charge in [-0.25, -0.2) is 9.18 Å². The van der Waals surface area contributed by atoms with Crippen molar-refractivity contribution in [2.24, 2.45) is 0 Å². The van der Waals surface area contributed by atoms with E-state index in [2.05, 4.69) is 45.6 Å². The Kier molecular flexibility index (Phi) is 6.42. The molecule has 2 aromatic rings. The number of carbonyl (C=O) groups excluding carboxylic acids is 1. The summed E-state index contributed by atoms with van der Waals surface area (Å²) in [5.41, 5.74) is 4.78. The number of halogens is 2. The summed E-state index contributed by atoms with van der Waals surface area (Å²) in [6, 6.07) is 9.53. The summed E-state index contributed by atoms with van der Waals surface area (Å²) in [6.07, 6.45) is -0.830. The van der Waals surface area contributed by atoms with Crippen molar-refractivity contribution in [2.75, 3.05) is 12.2 Å². The fourth-order valence-corrected chi connectivity index (χ4v) is 2.91. The minimum absolute atomic E-state index is 0.285. The largest absolute Gasteiger partial charge is 0.489 e. The second kappa shape index (κ2) is 8.32. The topological polar surface area (TPSA) is 47.6 Å². The molecule has 0 heterocycles. The lowest BCUT2D eigenvalue weighted by Gasteiger charge is -2.15. The maximum atomic E-state index is 12.1. The van der Waals surface area contributed by atoms with E-state index in [0.29, 0.717) is 5.69 Å². The van der Waals surface area contributed by atoms with Crippen LogP contribution >= 0.6 is 22.6 Å². The van der Waals surface area contributed by atoms with Crippen LogP contribution in [0.5, 0.6) is 5.75 Å². The molecule has 24 heavy (non-hydrogen) atoms. The summed E-state index contributed by atoms with van der Waals surface area (Å²) in [7, 11) is 0.